The van der Waals surface area contributed by atoms with Crippen molar-refractivity contribution in [1.82, 2.24) is 30.7 Å². The molecular formula is C33H64N6O5. The number of aliphatic hydroxyl groups is 2. The number of hydrogen-bond acceptors (Lipinski definition) is 10. The first-order valence-electron chi connectivity index (χ1n) is 16.9. The van der Waals surface area contributed by atoms with Crippen LogP contribution in [-0.4, -0.2) is 121 Å². The van der Waals surface area contributed by atoms with E-state index < -0.39 is 18.1 Å². The van der Waals surface area contributed by atoms with Crippen LogP contribution in [0.2, 0.25) is 0 Å². The molecule has 2 saturated heterocycles. The van der Waals surface area contributed by atoms with E-state index in [1.54, 1.807) is 12.0 Å². The van der Waals surface area contributed by atoms with Crippen molar-refractivity contribution in [2.75, 3.05) is 59.5 Å². The Morgan fingerprint density at radius 1 is 1.09 bits per heavy atom. The van der Waals surface area contributed by atoms with Crippen LogP contribution in [-0.2, 0) is 9.47 Å². The van der Waals surface area contributed by atoms with Crippen LogP contribution in [0.4, 0.5) is 4.79 Å². The fraction of sp³-hybridized carbons (Fsp3) is 0.909. The summed E-state index contributed by atoms with van der Waals surface area (Å²) in [6, 6.07) is -0.166. The maximum absolute atomic E-state index is 13.5. The van der Waals surface area contributed by atoms with Crippen molar-refractivity contribution in [3.05, 3.63) is 11.4 Å². The van der Waals surface area contributed by atoms with Gasteiger partial charge in [-0.05, 0) is 57.8 Å². The molecule has 0 saturated carbocycles. The van der Waals surface area contributed by atoms with E-state index >= 15 is 0 Å². The van der Waals surface area contributed by atoms with Gasteiger partial charge in [-0.25, -0.2) is 4.79 Å². The van der Waals surface area contributed by atoms with Gasteiger partial charge in [0, 0.05) is 77.1 Å². The van der Waals surface area contributed by atoms with Gasteiger partial charge in [-0.2, -0.15) is 0 Å². The summed E-state index contributed by atoms with van der Waals surface area (Å²) in [5, 5.41) is 34.6. The van der Waals surface area contributed by atoms with Crippen LogP contribution in [0.3, 0.4) is 0 Å². The van der Waals surface area contributed by atoms with Gasteiger partial charge in [0.25, 0.3) is 0 Å². The molecule has 1 amide bonds. The lowest BCUT2D eigenvalue weighted by atomic mass is 9.89. The number of nitrogens with zero attached hydrogens (tertiary/aromatic N) is 3. The molecule has 2 unspecified atom stereocenters. The number of likely N-dealkylation sites (tertiary alicyclic amines) is 2. The molecule has 3 rings (SSSR count). The molecule has 0 aliphatic carbocycles. The first kappa shape index (κ1) is 36.8. The highest BCUT2D eigenvalue weighted by atomic mass is 16.6. The zero-order valence-electron chi connectivity index (χ0n) is 29.1. The van der Waals surface area contributed by atoms with Crippen LogP contribution >= 0.6 is 0 Å². The summed E-state index contributed by atoms with van der Waals surface area (Å²) in [6.07, 6.45) is 2.98. The second kappa shape index (κ2) is 16.3. The van der Waals surface area contributed by atoms with Crippen LogP contribution in [0.15, 0.2) is 11.4 Å². The van der Waals surface area contributed by atoms with E-state index in [0.29, 0.717) is 45.8 Å². The number of hydrogen-bond donors (Lipinski definition) is 5. The molecule has 3 aliphatic rings. The Hall–Kier alpha value is -1.63. The van der Waals surface area contributed by atoms with Crippen molar-refractivity contribution in [2.45, 2.75) is 118 Å². The van der Waals surface area contributed by atoms with Gasteiger partial charge in [0.2, 0.25) is 0 Å². The average Bonchev–Trinajstić information content (AvgIpc) is 2.96. The van der Waals surface area contributed by atoms with Gasteiger partial charge in [0.1, 0.15) is 23.9 Å². The summed E-state index contributed by atoms with van der Waals surface area (Å²) in [7, 11) is 1.71. The summed E-state index contributed by atoms with van der Waals surface area (Å²) in [6.45, 7) is 21.6. The molecule has 0 bridgehead atoms. The first-order chi connectivity index (χ1) is 20.6. The second-order valence-electron chi connectivity index (χ2n) is 15.5. The molecule has 5 atom stereocenters. The maximum Gasteiger partial charge on any atom is 0.410 e. The van der Waals surface area contributed by atoms with Gasteiger partial charge < -0.3 is 35.2 Å². The number of methoxy groups -OCH3 is 1. The van der Waals surface area contributed by atoms with Crippen molar-refractivity contribution >= 4 is 6.09 Å². The van der Waals surface area contributed by atoms with E-state index in [2.05, 4.69) is 60.4 Å². The molecule has 11 nitrogen and oxygen atoms in total. The molecule has 11 heteroatoms. The van der Waals surface area contributed by atoms with Crippen LogP contribution in [0.5, 0.6) is 0 Å². The third-order valence-electron chi connectivity index (χ3n) is 8.77. The summed E-state index contributed by atoms with van der Waals surface area (Å²) in [4.78, 5) is 19.5. The van der Waals surface area contributed by atoms with Crippen LogP contribution in [0, 0.1) is 17.3 Å². The van der Waals surface area contributed by atoms with Crippen molar-refractivity contribution in [2.24, 2.45) is 17.3 Å². The van der Waals surface area contributed by atoms with E-state index in [9.17, 15) is 15.0 Å². The fourth-order valence-corrected chi connectivity index (χ4v) is 6.52. The molecule has 5 N–H and O–H groups in total. The zero-order valence-corrected chi connectivity index (χ0v) is 29.1. The molecule has 0 spiro atoms. The van der Waals surface area contributed by atoms with Gasteiger partial charge in [-0.15, -0.1) is 0 Å². The molecule has 3 aliphatic heterocycles. The van der Waals surface area contributed by atoms with Crippen LogP contribution in [0.25, 0.3) is 0 Å². The van der Waals surface area contributed by atoms with Crippen molar-refractivity contribution < 1.29 is 24.5 Å². The number of amides is 1. The smallest absolute Gasteiger partial charge is 0.410 e. The van der Waals surface area contributed by atoms with Crippen molar-refractivity contribution in [3.63, 3.8) is 0 Å². The van der Waals surface area contributed by atoms with E-state index in [4.69, 9.17) is 9.47 Å². The van der Waals surface area contributed by atoms with E-state index in [1.165, 1.54) is 6.42 Å². The van der Waals surface area contributed by atoms with Gasteiger partial charge in [-0.1, -0.05) is 41.0 Å². The molecule has 0 aromatic rings. The second-order valence-corrected chi connectivity index (χ2v) is 15.5. The highest BCUT2D eigenvalue weighted by Gasteiger charge is 2.42. The Labute approximate surface area is 267 Å². The summed E-state index contributed by atoms with van der Waals surface area (Å²) >= 11 is 0. The van der Waals surface area contributed by atoms with E-state index in [1.807, 2.05) is 20.8 Å². The Morgan fingerprint density at radius 3 is 2.36 bits per heavy atom. The minimum Gasteiger partial charge on any atom is -0.444 e. The molecule has 44 heavy (non-hydrogen) atoms. The summed E-state index contributed by atoms with van der Waals surface area (Å²) in [5.74, 6) is 0.970. The number of aliphatic hydroxyl groups excluding tert-OH is 2. The zero-order chi connectivity index (χ0) is 32.7. The normalized spacial score (nSPS) is 25.7. The minimum absolute atomic E-state index is 0.0309. The minimum atomic E-state index is -0.889. The largest absolute Gasteiger partial charge is 0.444 e. The van der Waals surface area contributed by atoms with Gasteiger partial charge in [-0.3, -0.25) is 15.1 Å². The van der Waals surface area contributed by atoms with E-state index in [-0.39, 0.29) is 35.6 Å². The first-order valence-corrected chi connectivity index (χ1v) is 16.9. The maximum atomic E-state index is 13.5. The Bertz CT molecular complexity index is 927. The van der Waals surface area contributed by atoms with Crippen molar-refractivity contribution in [3.8, 4) is 0 Å². The number of carbonyl (C=O) groups excluding carboxylic acids is 1. The Morgan fingerprint density at radius 2 is 1.77 bits per heavy atom. The van der Waals surface area contributed by atoms with Crippen LogP contribution < -0.4 is 16.0 Å². The molecule has 3 heterocycles. The topological polar surface area (TPSA) is 122 Å². The monoisotopic (exact) mass is 624 g/mol. The molecule has 2 fully saturated rings. The van der Waals surface area contributed by atoms with Crippen molar-refractivity contribution in [1.29, 1.82) is 0 Å². The van der Waals surface area contributed by atoms with Crippen LogP contribution in [0.1, 0.15) is 87.5 Å². The summed E-state index contributed by atoms with van der Waals surface area (Å²) < 4.78 is 11.1. The highest BCUT2D eigenvalue weighted by molar-refractivity contribution is 5.68. The van der Waals surface area contributed by atoms with E-state index in [0.717, 1.165) is 43.7 Å². The number of ether oxygens (including phenoxy) is 2. The standard InChI is InChI=1S/C33H64N6O5/c1-23(2)20-39(29(41)26-19-35-30(32(3,4)5)36-27(26)34-14-13-17-43-9)25-18-24(28(40)37-15-11-10-12-16-37)21-38(22-25)31(42)44-33(6,7)8/h23-25,28-30,34-36,40-41H,10-22H2,1-9H3/t24-,25+,28+,29?,30?/m1/s1. The third kappa shape index (κ3) is 10.7. The number of rotatable bonds is 12. The third-order valence-corrected chi connectivity index (χ3v) is 8.77. The molecule has 0 radical (unpaired) electrons. The number of nitrogens with one attached hydrogen (secondary N) is 3. The number of carbonyl (C=O) groups is 1. The quantitative estimate of drug-likeness (QED) is 0.164. The van der Waals surface area contributed by atoms with Gasteiger partial charge >= 0.3 is 6.09 Å². The molecule has 0 aromatic carbocycles. The SMILES string of the molecule is COCCCNC1=C(C(O)N(CC(C)C)[C@H]2C[C@@H]([C@H](O)N3CCCCC3)CN(C(=O)OC(C)(C)C)C2)CNC(C(C)(C)C)N1. The predicted molar refractivity (Wildman–Crippen MR) is 175 cm³/mol. The lowest BCUT2D eigenvalue weighted by molar-refractivity contribution is -0.0984. The Kier molecular flexibility index (Phi) is 13.6. The molecule has 0 aromatic heterocycles. The molecule has 256 valence electrons. The summed E-state index contributed by atoms with van der Waals surface area (Å²) in [5.41, 5.74) is 0.188. The lowest BCUT2D eigenvalue weighted by Gasteiger charge is -2.48. The Balaban J connectivity index is 1.94. The van der Waals surface area contributed by atoms with Gasteiger partial charge in [0.15, 0.2) is 0 Å². The fourth-order valence-electron chi connectivity index (χ4n) is 6.52. The highest BCUT2D eigenvalue weighted by Crippen LogP contribution is 2.31. The average molecular weight is 625 g/mol. The number of piperidine rings is 2. The van der Waals surface area contributed by atoms with Gasteiger partial charge in [0.05, 0.1) is 6.17 Å². The molecular weight excluding hydrogens is 560 g/mol. The predicted octanol–water partition coefficient (Wildman–Crippen LogP) is 3.10. The lowest BCUT2D eigenvalue weighted by Crippen LogP contribution is -2.62.